The minimum Gasteiger partial charge on any atom is -0.494 e. The first-order chi connectivity index (χ1) is 8.13. The Morgan fingerprint density at radius 3 is 2.82 bits per heavy atom. The molecule has 94 valence electrons. The highest BCUT2D eigenvalue weighted by atomic mass is 79.9. The van der Waals surface area contributed by atoms with Crippen LogP contribution in [0.3, 0.4) is 0 Å². The fourth-order valence-electron chi connectivity index (χ4n) is 2.46. The minimum absolute atomic E-state index is 0.553. The summed E-state index contributed by atoms with van der Waals surface area (Å²) in [6.07, 6.45) is 3.79. The van der Waals surface area contributed by atoms with Crippen molar-refractivity contribution >= 4 is 27.3 Å². The predicted octanol–water partition coefficient (Wildman–Crippen LogP) is 3.42. The van der Waals surface area contributed by atoms with Gasteiger partial charge in [-0.15, -0.1) is 0 Å². The van der Waals surface area contributed by atoms with Gasteiger partial charge in [-0.05, 0) is 48.2 Å². The number of hydrogen-bond donors (Lipinski definition) is 1. The van der Waals surface area contributed by atoms with E-state index in [9.17, 15) is 0 Å². The molecule has 17 heavy (non-hydrogen) atoms. The van der Waals surface area contributed by atoms with Crippen LogP contribution in [0.2, 0.25) is 0 Å². The zero-order valence-electron chi connectivity index (χ0n) is 10.4. The molecule has 0 radical (unpaired) electrons. The van der Waals surface area contributed by atoms with E-state index in [0.29, 0.717) is 6.04 Å². The van der Waals surface area contributed by atoms with Gasteiger partial charge in [-0.1, -0.05) is 0 Å². The first-order valence-electron chi connectivity index (χ1n) is 6.03. The van der Waals surface area contributed by atoms with Crippen molar-refractivity contribution in [2.24, 2.45) is 0 Å². The molecule has 0 amide bonds. The van der Waals surface area contributed by atoms with Crippen LogP contribution in [0, 0.1) is 0 Å². The van der Waals surface area contributed by atoms with Gasteiger partial charge in [0.2, 0.25) is 0 Å². The summed E-state index contributed by atoms with van der Waals surface area (Å²) in [6.45, 7) is 3.35. The highest BCUT2D eigenvalue weighted by Gasteiger charge is 2.23. The number of methoxy groups -OCH3 is 1. The van der Waals surface area contributed by atoms with Crippen molar-refractivity contribution in [3.05, 3.63) is 16.6 Å². The summed E-state index contributed by atoms with van der Waals surface area (Å²) in [5.41, 5.74) is 7.70. The second kappa shape index (κ2) is 5.17. The Morgan fingerprint density at radius 1 is 1.41 bits per heavy atom. The summed E-state index contributed by atoms with van der Waals surface area (Å²) in [7, 11) is 1.69. The second-order valence-electron chi connectivity index (χ2n) is 4.59. The van der Waals surface area contributed by atoms with Gasteiger partial charge in [0.05, 0.1) is 12.8 Å². The number of anilines is 2. The molecule has 0 bridgehead atoms. The number of hydrogen-bond acceptors (Lipinski definition) is 3. The zero-order chi connectivity index (χ0) is 12.4. The maximum atomic E-state index is 5.84. The third kappa shape index (κ3) is 2.51. The number of ether oxygens (including phenoxy) is 1. The number of halogens is 1. The van der Waals surface area contributed by atoms with Gasteiger partial charge >= 0.3 is 0 Å². The van der Waals surface area contributed by atoms with E-state index in [1.807, 2.05) is 12.1 Å². The third-order valence-electron chi connectivity index (χ3n) is 3.36. The molecule has 0 aliphatic carbocycles. The van der Waals surface area contributed by atoms with Gasteiger partial charge < -0.3 is 15.4 Å². The molecule has 1 heterocycles. The lowest BCUT2D eigenvalue weighted by Crippen LogP contribution is -2.37. The van der Waals surface area contributed by atoms with Gasteiger partial charge in [-0.3, -0.25) is 0 Å². The molecule has 1 fully saturated rings. The lowest BCUT2D eigenvalue weighted by Gasteiger charge is -2.36. The quantitative estimate of drug-likeness (QED) is 0.850. The Bertz CT molecular complexity index is 409. The number of benzene rings is 1. The summed E-state index contributed by atoms with van der Waals surface area (Å²) in [6, 6.07) is 4.39. The molecule has 0 saturated carbocycles. The van der Waals surface area contributed by atoms with Crippen LogP contribution >= 0.6 is 15.9 Å². The van der Waals surface area contributed by atoms with Crippen LogP contribution in [0.25, 0.3) is 0 Å². The lowest BCUT2D eigenvalue weighted by atomic mass is 10.0. The Morgan fingerprint density at radius 2 is 2.18 bits per heavy atom. The molecule has 1 aromatic carbocycles. The molecular formula is C13H19BrN2O. The highest BCUT2D eigenvalue weighted by Crippen LogP contribution is 2.40. The van der Waals surface area contributed by atoms with Crippen molar-refractivity contribution in [1.82, 2.24) is 0 Å². The average Bonchev–Trinajstić information content (AvgIpc) is 2.29. The Balaban J connectivity index is 2.42. The van der Waals surface area contributed by atoms with Gasteiger partial charge in [-0.25, -0.2) is 0 Å². The van der Waals surface area contributed by atoms with E-state index in [2.05, 4.69) is 27.8 Å². The van der Waals surface area contributed by atoms with Gasteiger partial charge in [0, 0.05) is 28.8 Å². The SMILES string of the molecule is COc1cc(N)cc(Br)c1N1CCCC[C@@H]1C. The Labute approximate surface area is 111 Å². The van der Waals surface area contributed by atoms with E-state index in [0.717, 1.165) is 28.1 Å². The number of piperidine rings is 1. The molecule has 2 rings (SSSR count). The topological polar surface area (TPSA) is 38.5 Å². The van der Waals surface area contributed by atoms with E-state index in [4.69, 9.17) is 10.5 Å². The molecule has 1 aliphatic heterocycles. The first-order valence-corrected chi connectivity index (χ1v) is 6.82. The van der Waals surface area contributed by atoms with Crippen LogP contribution < -0.4 is 15.4 Å². The molecule has 0 spiro atoms. The van der Waals surface area contributed by atoms with Crippen molar-refractivity contribution in [1.29, 1.82) is 0 Å². The molecule has 4 heteroatoms. The molecule has 0 unspecified atom stereocenters. The Kier molecular flexibility index (Phi) is 3.82. The van der Waals surface area contributed by atoms with Crippen molar-refractivity contribution < 1.29 is 4.74 Å². The largest absolute Gasteiger partial charge is 0.494 e. The van der Waals surface area contributed by atoms with E-state index in [1.165, 1.54) is 19.3 Å². The molecule has 1 aromatic rings. The molecule has 3 nitrogen and oxygen atoms in total. The highest BCUT2D eigenvalue weighted by molar-refractivity contribution is 9.10. The van der Waals surface area contributed by atoms with Gasteiger partial charge in [0.15, 0.2) is 0 Å². The van der Waals surface area contributed by atoms with Crippen molar-refractivity contribution in [3.63, 3.8) is 0 Å². The standard InChI is InChI=1S/C13H19BrN2O/c1-9-5-3-4-6-16(9)13-11(14)7-10(15)8-12(13)17-2/h7-9H,3-6,15H2,1-2H3/t9-/m0/s1. The minimum atomic E-state index is 0.553. The molecule has 0 aromatic heterocycles. The van der Waals surface area contributed by atoms with Crippen LogP contribution in [-0.2, 0) is 0 Å². The summed E-state index contributed by atoms with van der Waals surface area (Å²) in [5.74, 6) is 0.852. The second-order valence-corrected chi connectivity index (χ2v) is 5.45. The van der Waals surface area contributed by atoms with Crippen LogP contribution in [0.1, 0.15) is 26.2 Å². The van der Waals surface area contributed by atoms with Gasteiger partial charge in [0.1, 0.15) is 5.75 Å². The third-order valence-corrected chi connectivity index (χ3v) is 3.97. The van der Waals surface area contributed by atoms with Crippen molar-refractivity contribution in [2.45, 2.75) is 32.2 Å². The Hall–Kier alpha value is -0.900. The smallest absolute Gasteiger partial charge is 0.145 e. The molecule has 2 N–H and O–H groups in total. The number of rotatable bonds is 2. The summed E-state index contributed by atoms with van der Waals surface area (Å²) >= 11 is 3.60. The average molecular weight is 299 g/mol. The van der Waals surface area contributed by atoms with Crippen LogP contribution in [0.15, 0.2) is 16.6 Å². The maximum absolute atomic E-state index is 5.84. The van der Waals surface area contributed by atoms with Crippen molar-refractivity contribution in [2.75, 3.05) is 24.3 Å². The summed E-state index contributed by atoms with van der Waals surface area (Å²) < 4.78 is 6.47. The number of nitrogens with zero attached hydrogens (tertiary/aromatic N) is 1. The van der Waals surface area contributed by atoms with E-state index < -0.39 is 0 Å². The van der Waals surface area contributed by atoms with Crippen molar-refractivity contribution in [3.8, 4) is 5.75 Å². The summed E-state index contributed by atoms with van der Waals surface area (Å²) in [4.78, 5) is 2.41. The van der Waals surface area contributed by atoms with Gasteiger partial charge in [0.25, 0.3) is 0 Å². The van der Waals surface area contributed by atoms with E-state index in [1.54, 1.807) is 7.11 Å². The molecular weight excluding hydrogens is 280 g/mol. The van der Waals surface area contributed by atoms with Gasteiger partial charge in [-0.2, -0.15) is 0 Å². The zero-order valence-corrected chi connectivity index (χ0v) is 12.0. The fraction of sp³-hybridized carbons (Fsp3) is 0.538. The van der Waals surface area contributed by atoms with E-state index >= 15 is 0 Å². The molecule has 1 atom stereocenters. The lowest BCUT2D eigenvalue weighted by molar-refractivity contribution is 0.407. The monoisotopic (exact) mass is 298 g/mol. The van der Waals surface area contributed by atoms with Crippen LogP contribution in [0.4, 0.5) is 11.4 Å². The van der Waals surface area contributed by atoms with E-state index in [-0.39, 0.29) is 0 Å². The fourth-order valence-corrected chi connectivity index (χ4v) is 3.15. The maximum Gasteiger partial charge on any atom is 0.145 e. The first kappa shape index (κ1) is 12.6. The molecule has 1 aliphatic rings. The number of nitrogen functional groups attached to an aromatic ring is 1. The summed E-state index contributed by atoms with van der Waals surface area (Å²) in [5, 5.41) is 0. The van der Waals surface area contributed by atoms with Crippen LogP contribution in [-0.4, -0.2) is 19.7 Å². The predicted molar refractivity (Wildman–Crippen MR) is 75.8 cm³/mol. The molecule has 1 saturated heterocycles. The number of nitrogens with two attached hydrogens (primary N) is 1. The normalized spacial score (nSPS) is 20.4. The van der Waals surface area contributed by atoms with Crippen LogP contribution in [0.5, 0.6) is 5.75 Å².